The van der Waals surface area contributed by atoms with Crippen LogP contribution in [-0.2, 0) is 4.79 Å². The molecule has 0 radical (unpaired) electrons. The van der Waals surface area contributed by atoms with Crippen molar-refractivity contribution in [1.82, 2.24) is 16.3 Å². The number of nitrogens with one attached hydrogen (secondary N) is 3. The molecule has 7 heteroatoms. The van der Waals surface area contributed by atoms with Crippen LogP contribution in [0.25, 0.3) is 0 Å². The molecule has 0 saturated carbocycles. The van der Waals surface area contributed by atoms with E-state index in [9.17, 15) is 4.79 Å². The van der Waals surface area contributed by atoms with Gasteiger partial charge in [-0.25, -0.2) is 16.3 Å². The van der Waals surface area contributed by atoms with E-state index in [0.717, 1.165) is 11.1 Å². The van der Waals surface area contributed by atoms with Gasteiger partial charge in [-0.2, -0.15) is 5.10 Å². The quantitative estimate of drug-likeness (QED) is 0.517. The summed E-state index contributed by atoms with van der Waals surface area (Å²) < 4.78 is 0. The van der Waals surface area contributed by atoms with Crippen molar-refractivity contribution in [3.63, 3.8) is 0 Å². The van der Waals surface area contributed by atoms with Crippen LogP contribution >= 0.6 is 23.2 Å². The van der Waals surface area contributed by atoms with Gasteiger partial charge in [0.2, 0.25) is 0 Å². The maximum absolute atomic E-state index is 12.3. The van der Waals surface area contributed by atoms with Crippen molar-refractivity contribution >= 4 is 35.3 Å². The highest BCUT2D eigenvalue weighted by Gasteiger charge is 2.30. The lowest BCUT2D eigenvalue weighted by atomic mass is 10.0. The largest absolute Gasteiger partial charge is 0.271 e. The monoisotopic (exact) mass is 404 g/mol. The van der Waals surface area contributed by atoms with Gasteiger partial charge in [0.1, 0.15) is 6.04 Å². The Morgan fingerprint density at radius 1 is 1.15 bits per heavy atom. The number of hydrazone groups is 1. The normalized spacial score (nSPS) is 19.7. The number of nitrogens with zero attached hydrogens (tertiary/aromatic N) is 1. The Labute approximate surface area is 169 Å². The first-order chi connectivity index (χ1) is 12.9. The number of rotatable bonds is 5. The van der Waals surface area contributed by atoms with Gasteiger partial charge in [-0.15, -0.1) is 0 Å². The molecule has 3 rings (SSSR count). The Morgan fingerprint density at radius 2 is 1.89 bits per heavy atom. The highest BCUT2D eigenvalue weighted by molar-refractivity contribution is 6.42. The number of halogens is 2. The Morgan fingerprint density at radius 3 is 2.56 bits per heavy atom. The third kappa shape index (κ3) is 5.08. The number of hydrazine groups is 1. The van der Waals surface area contributed by atoms with Crippen LogP contribution in [-0.4, -0.2) is 18.2 Å². The van der Waals surface area contributed by atoms with Crippen LogP contribution in [0.5, 0.6) is 0 Å². The Hall–Kier alpha value is -1.92. The van der Waals surface area contributed by atoms with Crippen LogP contribution in [0.15, 0.2) is 47.6 Å². The molecule has 27 heavy (non-hydrogen) atoms. The molecule has 1 aliphatic heterocycles. The first-order valence-corrected chi connectivity index (χ1v) is 9.58. The van der Waals surface area contributed by atoms with E-state index >= 15 is 0 Å². The fraction of sp³-hybridized carbons (Fsp3) is 0.300. The minimum absolute atomic E-state index is 0.0249. The average molecular weight is 405 g/mol. The first kappa shape index (κ1) is 19.8. The van der Waals surface area contributed by atoms with Gasteiger partial charge in [0.15, 0.2) is 0 Å². The molecule has 0 bridgehead atoms. The van der Waals surface area contributed by atoms with Gasteiger partial charge in [-0.05, 0) is 41.2 Å². The number of carbonyl (C=O) groups excluding carboxylic acids is 1. The van der Waals surface area contributed by atoms with Gasteiger partial charge in [0.25, 0.3) is 5.91 Å². The molecule has 0 spiro atoms. The standard InChI is InChI=1S/C20H22Cl2N4O/c1-12(2)14-5-3-13(4-6-14)11-23-26-20(27)19-10-18(24-25-19)15-7-8-16(21)17(22)9-15/h3-9,11-12,18-19,24-25H,10H2,1-2H3,(H,26,27)/b23-11+. The molecule has 1 fully saturated rings. The molecule has 1 aliphatic rings. The molecule has 2 aromatic carbocycles. The van der Waals surface area contributed by atoms with Crippen molar-refractivity contribution < 1.29 is 4.79 Å². The zero-order valence-corrected chi connectivity index (χ0v) is 16.7. The SMILES string of the molecule is CC(C)c1ccc(/C=N/NC(=O)C2CC(c3ccc(Cl)c(Cl)c3)NN2)cc1. The third-order valence-corrected chi connectivity index (χ3v) is 5.30. The molecule has 2 unspecified atom stereocenters. The fourth-order valence-corrected chi connectivity index (χ4v) is 3.20. The summed E-state index contributed by atoms with van der Waals surface area (Å²) in [6, 6.07) is 13.2. The molecule has 2 aromatic rings. The molecule has 5 nitrogen and oxygen atoms in total. The topological polar surface area (TPSA) is 65.5 Å². The van der Waals surface area contributed by atoms with Gasteiger partial charge in [-0.3, -0.25) is 4.79 Å². The predicted octanol–water partition coefficient (Wildman–Crippen LogP) is 4.17. The van der Waals surface area contributed by atoms with E-state index in [0.29, 0.717) is 22.4 Å². The summed E-state index contributed by atoms with van der Waals surface area (Å²) in [6.07, 6.45) is 2.23. The van der Waals surface area contributed by atoms with E-state index in [1.54, 1.807) is 12.3 Å². The van der Waals surface area contributed by atoms with Crippen LogP contribution in [0.2, 0.25) is 10.0 Å². The summed E-state index contributed by atoms with van der Waals surface area (Å²) in [6.45, 7) is 4.30. The van der Waals surface area contributed by atoms with Gasteiger partial charge >= 0.3 is 0 Å². The molecular weight excluding hydrogens is 383 g/mol. The second kappa shape index (κ2) is 8.85. The molecule has 1 heterocycles. The number of carbonyl (C=O) groups is 1. The van der Waals surface area contributed by atoms with Gasteiger partial charge in [0.05, 0.1) is 16.3 Å². The van der Waals surface area contributed by atoms with E-state index < -0.39 is 0 Å². The summed E-state index contributed by atoms with van der Waals surface area (Å²) in [5.74, 6) is 0.292. The first-order valence-electron chi connectivity index (χ1n) is 8.83. The van der Waals surface area contributed by atoms with Crippen molar-refractivity contribution in [2.75, 3.05) is 0 Å². The smallest absolute Gasteiger partial charge is 0.258 e. The number of hydrogen-bond acceptors (Lipinski definition) is 4. The predicted molar refractivity (Wildman–Crippen MR) is 110 cm³/mol. The van der Waals surface area contributed by atoms with Crippen molar-refractivity contribution in [3.05, 3.63) is 69.2 Å². The van der Waals surface area contributed by atoms with Crippen molar-refractivity contribution in [2.45, 2.75) is 38.3 Å². The minimum atomic E-state index is -0.384. The van der Waals surface area contributed by atoms with E-state index in [1.165, 1.54) is 5.56 Å². The molecule has 0 aromatic heterocycles. The van der Waals surface area contributed by atoms with Gasteiger partial charge in [0, 0.05) is 6.04 Å². The summed E-state index contributed by atoms with van der Waals surface area (Å²) in [4.78, 5) is 12.3. The molecular formula is C20H22Cl2N4O. The lowest BCUT2D eigenvalue weighted by Crippen LogP contribution is -2.41. The Bertz CT molecular complexity index is 836. The van der Waals surface area contributed by atoms with E-state index in [4.69, 9.17) is 23.2 Å². The lowest BCUT2D eigenvalue weighted by Gasteiger charge is -2.10. The molecule has 1 saturated heterocycles. The van der Waals surface area contributed by atoms with Crippen LogP contribution in [0.4, 0.5) is 0 Å². The third-order valence-electron chi connectivity index (χ3n) is 4.56. The fourth-order valence-electron chi connectivity index (χ4n) is 2.89. The zero-order valence-electron chi connectivity index (χ0n) is 15.2. The lowest BCUT2D eigenvalue weighted by molar-refractivity contribution is -0.122. The van der Waals surface area contributed by atoms with Crippen molar-refractivity contribution in [1.29, 1.82) is 0 Å². The molecule has 2 atom stereocenters. The maximum atomic E-state index is 12.3. The van der Waals surface area contributed by atoms with Gasteiger partial charge < -0.3 is 0 Å². The number of benzene rings is 2. The minimum Gasteiger partial charge on any atom is -0.271 e. The Kier molecular flexibility index (Phi) is 6.50. The van der Waals surface area contributed by atoms with Crippen LogP contribution in [0.3, 0.4) is 0 Å². The zero-order chi connectivity index (χ0) is 19.4. The van der Waals surface area contributed by atoms with E-state index in [1.807, 2.05) is 24.3 Å². The van der Waals surface area contributed by atoms with E-state index in [2.05, 4.69) is 47.4 Å². The second-order valence-electron chi connectivity index (χ2n) is 6.86. The van der Waals surface area contributed by atoms with Crippen molar-refractivity contribution in [2.24, 2.45) is 5.10 Å². The summed E-state index contributed by atoms with van der Waals surface area (Å²) in [5.41, 5.74) is 11.9. The highest BCUT2D eigenvalue weighted by atomic mass is 35.5. The van der Waals surface area contributed by atoms with Crippen LogP contribution < -0.4 is 16.3 Å². The number of hydrogen-bond donors (Lipinski definition) is 3. The molecule has 1 amide bonds. The van der Waals surface area contributed by atoms with Gasteiger partial charge in [-0.1, -0.05) is 67.4 Å². The summed E-state index contributed by atoms with van der Waals surface area (Å²) in [7, 11) is 0. The molecule has 3 N–H and O–H groups in total. The van der Waals surface area contributed by atoms with Crippen LogP contribution in [0.1, 0.15) is 48.9 Å². The number of amides is 1. The Balaban J connectivity index is 1.53. The summed E-state index contributed by atoms with van der Waals surface area (Å²) in [5, 5.41) is 5.06. The van der Waals surface area contributed by atoms with E-state index in [-0.39, 0.29) is 18.0 Å². The molecule has 142 valence electrons. The maximum Gasteiger partial charge on any atom is 0.258 e. The average Bonchev–Trinajstić information content (AvgIpc) is 3.14. The summed E-state index contributed by atoms with van der Waals surface area (Å²) >= 11 is 12.0. The second-order valence-corrected chi connectivity index (χ2v) is 7.67. The molecule has 0 aliphatic carbocycles. The van der Waals surface area contributed by atoms with Crippen molar-refractivity contribution in [3.8, 4) is 0 Å². The van der Waals surface area contributed by atoms with Crippen LogP contribution in [0, 0.1) is 0 Å². The highest BCUT2D eigenvalue weighted by Crippen LogP contribution is 2.29.